The highest BCUT2D eigenvalue weighted by Crippen LogP contribution is 2.18. The van der Waals surface area contributed by atoms with Gasteiger partial charge in [0.25, 0.3) is 17.7 Å². The number of carbonyl (C=O) groups excluding carboxylic acids is 4. The average molecular weight is 461 g/mol. The van der Waals surface area contributed by atoms with E-state index >= 15 is 0 Å². The summed E-state index contributed by atoms with van der Waals surface area (Å²) in [5.41, 5.74) is 11.7. The molecule has 0 radical (unpaired) electrons. The molecule has 1 unspecified atom stereocenters. The average Bonchev–Trinajstić information content (AvgIpc) is 2.75. The molecule has 0 spiro atoms. The number of aryl methyl sites for hydroxylation is 2. The second-order valence-corrected chi connectivity index (χ2v) is 7.57. The van der Waals surface area contributed by atoms with Crippen LogP contribution in [0.4, 0.5) is 0 Å². The van der Waals surface area contributed by atoms with Crippen LogP contribution in [0.15, 0.2) is 42.5 Å². The molecule has 0 fully saturated rings. The van der Waals surface area contributed by atoms with Gasteiger partial charge in [-0.05, 0) is 61.7 Å². The van der Waals surface area contributed by atoms with E-state index in [1.807, 2.05) is 26.0 Å². The Kier molecular flexibility index (Phi) is 9.03. The van der Waals surface area contributed by atoms with Gasteiger partial charge in [0.05, 0.1) is 0 Å². The van der Waals surface area contributed by atoms with Gasteiger partial charge >= 0.3 is 0 Å². The maximum Gasteiger partial charge on any atom is 0.276 e. The van der Waals surface area contributed by atoms with Gasteiger partial charge in [-0.15, -0.1) is 0 Å². The molecule has 5 N–H and O–H groups in total. The van der Waals surface area contributed by atoms with Gasteiger partial charge in [0.15, 0.2) is 6.61 Å². The van der Waals surface area contributed by atoms with Crippen LogP contribution in [-0.4, -0.2) is 36.3 Å². The molecule has 0 aliphatic heterocycles. The minimum absolute atomic E-state index is 0.0463. The van der Waals surface area contributed by atoms with Crippen LogP contribution in [0.1, 0.15) is 34.3 Å². The quantitative estimate of drug-likeness (QED) is 0.420. The highest BCUT2D eigenvalue weighted by Gasteiger charge is 2.22. The zero-order valence-corrected chi connectivity index (χ0v) is 18.5. The van der Waals surface area contributed by atoms with Crippen molar-refractivity contribution in [1.29, 1.82) is 0 Å². The number of hydrogen-bond donors (Lipinski definition) is 4. The highest BCUT2D eigenvalue weighted by molar-refractivity contribution is 6.30. The molecule has 0 saturated carbocycles. The largest absolute Gasteiger partial charge is 0.483 e. The molecule has 0 aliphatic carbocycles. The van der Waals surface area contributed by atoms with Gasteiger partial charge < -0.3 is 15.8 Å². The number of hydrazine groups is 1. The molecule has 1 atom stereocenters. The first kappa shape index (κ1) is 24.7. The van der Waals surface area contributed by atoms with Crippen LogP contribution in [0.5, 0.6) is 5.75 Å². The fourth-order valence-corrected chi connectivity index (χ4v) is 2.78. The van der Waals surface area contributed by atoms with Crippen molar-refractivity contribution in [2.45, 2.75) is 32.7 Å². The lowest BCUT2D eigenvalue weighted by molar-refractivity contribution is -0.131. The lowest BCUT2D eigenvalue weighted by Gasteiger charge is -2.18. The van der Waals surface area contributed by atoms with Crippen LogP contribution in [-0.2, 0) is 14.4 Å². The summed E-state index contributed by atoms with van der Waals surface area (Å²) in [6.07, 6.45) is -0.183. The van der Waals surface area contributed by atoms with Crippen LogP contribution in [0.3, 0.4) is 0 Å². The molecule has 0 saturated heterocycles. The number of ether oxygens (including phenoxy) is 1. The molecule has 0 aliphatic rings. The van der Waals surface area contributed by atoms with E-state index in [2.05, 4.69) is 16.2 Å². The molecule has 9 nitrogen and oxygen atoms in total. The lowest BCUT2D eigenvalue weighted by Crippen LogP contribution is -2.53. The monoisotopic (exact) mass is 460 g/mol. The van der Waals surface area contributed by atoms with Gasteiger partial charge in [-0.25, -0.2) is 0 Å². The second kappa shape index (κ2) is 11.7. The Morgan fingerprint density at radius 2 is 1.72 bits per heavy atom. The third kappa shape index (κ3) is 7.92. The minimum atomic E-state index is -1.11. The van der Waals surface area contributed by atoms with Crippen molar-refractivity contribution in [2.75, 3.05) is 6.61 Å². The number of nitrogens with two attached hydrogens (primary N) is 1. The normalized spacial score (nSPS) is 11.2. The van der Waals surface area contributed by atoms with Gasteiger partial charge in [0, 0.05) is 17.0 Å². The summed E-state index contributed by atoms with van der Waals surface area (Å²) in [4.78, 5) is 48.1. The van der Waals surface area contributed by atoms with Gasteiger partial charge in [-0.2, -0.15) is 0 Å². The summed E-state index contributed by atoms with van der Waals surface area (Å²) in [5.74, 6) is -1.93. The lowest BCUT2D eigenvalue weighted by atomic mass is 10.1. The minimum Gasteiger partial charge on any atom is -0.483 e. The van der Waals surface area contributed by atoms with E-state index in [-0.39, 0.29) is 25.0 Å². The molecule has 0 aromatic heterocycles. The summed E-state index contributed by atoms with van der Waals surface area (Å²) in [6.45, 7) is 3.42. The standard InChI is InChI=1S/C22H25ClN4O5/c1-13-3-4-14(2)18(11-13)32-12-20(29)26-27-22(31)17(9-10-19(24)28)25-21(30)15-5-7-16(23)8-6-15/h3-8,11,17H,9-10,12H2,1-2H3,(H2,24,28)(H,25,30)(H,26,29)(H,27,31). The SMILES string of the molecule is Cc1ccc(C)c(OCC(=O)NNC(=O)C(CCC(N)=O)NC(=O)c2ccc(Cl)cc2)c1. The smallest absolute Gasteiger partial charge is 0.276 e. The Labute approximate surface area is 190 Å². The maximum atomic E-state index is 12.5. The Morgan fingerprint density at radius 3 is 2.38 bits per heavy atom. The summed E-state index contributed by atoms with van der Waals surface area (Å²) in [7, 11) is 0. The van der Waals surface area contributed by atoms with E-state index in [9.17, 15) is 19.2 Å². The zero-order chi connectivity index (χ0) is 23.7. The topological polar surface area (TPSA) is 140 Å². The summed E-state index contributed by atoms with van der Waals surface area (Å²) in [5, 5.41) is 2.97. The number of primary amides is 1. The number of hydrogen-bond acceptors (Lipinski definition) is 5. The molecule has 0 heterocycles. The molecule has 0 bridgehead atoms. The van der Waals surface area contributed by atoms with Gasteiger partial charge in [-0.1, -0.05) is 23.7 Å². The van der Waals surface area contributed by atoms with Crippen molar-refractivity contribution in [2.24, 2.45) is 5.73 Å². The molecule has 170 valence electrons. The molecule has 2 aromatic rings. The van der Waals surface area contributed by atoms with Gasteiger partial charge in [0.2, 0.25) is 5.91 Å². The van der Waals surface area contributed by atoms with Crippen molar-refractivity contribution < 1.29 is 23.9 Å². The van der Waals surface area contributed by atoms with Crippen molar-refractivity contribution in [1.82, 2.24) is 16.2 Å². The van der Waals surface area contributed by atoms with Gasteiger partial charge in [0.1, 0.15) is 11.8 Å². The molecule has 4 amide bonds. The second-order valence-electron chi connectivity index (χ2n) is 7.13. The van der Waals surface area contributed by atoms with Crippen LogP contribution in [0.25, 0.3) is 0 Å². The van der Waals surface area contributed by atoms with E-state index in [0.29, 0.717) is 10.8 Å². The number of nitrogens with one attached hydrogen (secondary N) is 3. The molecule has 2 aromatic carbocycles. The van der Waals surface area contributed by atoms with Crippen molar-refractivity contribution in [3.8, 4) is 5.75 Å². The third-order valence-electron chi connectivity index (χ3n) is 4.44. The van der Waals surface area contributed by atoms with Crippen LogP contribution in [0.2, 0.25) is 5.02 Å². The molecule has 2 rings (SSSR count). The first-order valence-electron chi connectivity index (χ1n) is 9.79. The first-order valence-corrected chi connectivity index (χ1v) is 10.2. The summed E-state index contributed by atoms with van der Waals surface area (Å²) in [6, 6.07) is 10.5. The van der Waals surface area contributed by atoms with Crippen LogP contribution >= 0.6 is 11.6 Å². The van der Waals surface area contributed by atoms with Crippen molar-refractivity contribution in [3.05, 3.63) is 64.2 Å². The Balaban J connectivity index is 1.92. The summed E-state index contributed by atoms with van der Waals surface area (Å²) < 4.78 is 5.48. The number of carbonyl (C=O) groups is 4. The predicted molar refractivity (Wildman–Crippen MR) is 119 cm³/mol. The fourth-order valence-electron chi connectivity index (χ4n) is 2.66. The Hall–Kier alpha value is -3.59. The van der Waals surface area contributed by atoms with Crippen LogP contribution < -0.4 is 26.6 Å². The van der Waals surface area contributed by atoms with Crippen molar-refractivity contribution in [3.63, 3.8) is 0 Å². The van der Waals surface area contributed by atoms with E-state index in [1.165, 1.54) is 24.3 Å². The molecule has 10 heteroatoms. The molecule has 32 heavy (non-hydrogen) atoms. The maximum absolute atomic E-state index is 12.5. The van der Waals surface area contributed by atoms with Gasteiger partial charge in [-0.3, -0.25) is 30.0 Å². The zero-order valence-electron chi connectivity index (χ0n) is 17.7. The predicted octanol–water partition coefficient (Wildman–Crippen LogP) is 1.55. The Morgan fingerprint density at radius 1 is 1.03 bits per heavy atom. The first-order chi connectivity index (χ1) is 15.2. The Bertz CT molecular complexity index is 994. The molecular weight excluding hydrogens is 436 g/mol. The van der Waals surface area contributed by atoms with E-state index < -0.39 is 29.7 Å². The van der Waals surface area contributed by atoms with Crippen molar-refractivity contribution >= 4 is 35.2 Å². The highest BCUT2D eigenvalue weighted by atomic mass is 35.5. The van der Waals surface area contributed by atoms with Crippen LogP contribution in [0, 0.1) is 13.8 Å². The van der Waals surface area contributed by atoms with E-state index in [4.69, 9.17) is 22.1 Å². The third-order valence-corrected chi connectivity index (χ3v) is 4.69. The molecular formula is C22H25ClN4O5. The fraction of sp³-hybridized carbons (Fsp3) is 0.273. The number of halogens is 1. The van der Waals surface area contributed by atoms with E-state index in [0.717, 1.165) is 11.1 Å². The van der Waals surface area contributed by atoms with E-state index in [1.54, 1.807) is 6.07 Å². The number of benzene rings is 2. The summed E-state index contributed by atoms with van der Waals surface area (Å²) >= 11 is 5.81. The number of rotatable bonds is 9. The number of amides is 4.